The molecule has 0 aliphatic rings. The smallest absolute Gasteiger partial charge is 0.169 e. The Morgan fingerprint density at radius 1 is 0.545 bits per heavy atom. The van der Waals surface area contributed by atoms with Gasteiger partial charge in [-0.05, 0) is 39.2 Å². The molecule has 0 amide bonds. The molecule has 6 aromatic rings. The second-order valence-electron chi connectivity index (χ2n) is 8.03. The summed E-state index contributed by atoms with van der Waals surface area (Å²) < 4.78 is 2.16. The monoisotopic (exact) mass is 423 g/mol. The van der Waals surface area contributed by atoms with Gasteiger partial charge in [-0.1, -0.05) is 110 Å². The first-order chi connectivity index (χ1) is 16.3. The molecular formula is C30H21N3. The minimum atomic E-state index is 0.820. The predicted octanol–water partition coefficient (Wildman–Crippen LogP) is 7.55. The molecule has 0 unspecified atom stereocenters. The molecule has 156 valence electrons. The van der Waals surface area contributed by atoms with E-state index >= 15 is 0 Å². The van der Waals surface area contributed by atoms with E-state index in [-0.39, 0.29) is 0 Å². The van der Waals surface area contributed by atoms with E-state index in [0.29, 0.717) is 0 Å². The van der Waals surface area contributed by atoms with Gasteiger partial charge >= 0.3 is 0 Å². The molecule has 0 aliphatic heterocycles. The Morgan fingerprint density at radius 2 is 1.03 bits per heavy atom. The largest absolute Gasteiger partial charge is 0.275 e. The highest BCUT2D eigenvalue weighted by molar-refractivity contribution is 5.98. The molecule has 0 spiro atoms. The van der Waals surface area contributed by atoms with Gasteiger partial charge in [0.05, 0.1) is 0 Å². The highest BCUT2D eigenvalue weighted by atomic mass is 15.3. The summed E-state index contributed by atoms with van der Waals surface area (Å²) in [6.07, 6.45) is 1.85. The van der Waals surface area contributed by atoms with Crippen LogP contribution in [0, 0.1) is 0 Å². The molecule has 0 N–H and O–H groups in total. The fourth-order valence-corrected chi connectivity index (χ4v) is 4.48. The number of hydrogen-bond acceptors (Lipinski definition) is 2. The van der Waals surface area contributed by atoms with Gasteiger partial charge in [0.2, 0.25) is 0 Å². The Balaban J connectivity index is 1.67. The van der Waals surface area contributed by atoms with Crippen LogP contribution >= 0.6 is 0 Å². The van der Waals surface area contributed by atoms with Crippen LogP contribution in [0.4, 0.5) is 0 Å². The minimum absolute atomic E-state index is 0.820. The van der Waals surface area contributed by atoms with Crippen molar-refractivity contribution in [3.05, 3.63) is 121 Å². The van der Waals surface area contributed by atoms with Gasteiger partial charge in [-0.25, -0.2) is 0 Å². The number of aromatic nitrogens is 3. The summed E-state index contributed by atoms with van der Waals surface area (Å²) in [5.74, 6) is 1.64. The average molecular weight is 424 g/mol. The van der Waals surface area contributed by atoms with Crippen LogP contribution in [0.15, 0.2) is 116 Å². The normalized spacial score (nSPS) is 11.2. The SMILES string of the molecule is C=Cc1ccc(-n2c(-c3cccc4ccccc34)nnc2-c2cccc3ccccc23)cc1. The van der Waals surface area contributed by atoms with Gasteiger partial charge in [0.1, 0.15) is 0 Å². The van der Waals surface area contributed by atoms with Crippen LogP contribution in [0.5, 0.6) is 0 Å². The maximum Gasteiger partial charge on any atom is 0.169 e. The quantitative estimate of drug-likeness (QED) is 0.293. The Kier molecular flexibility index (Phi) is 4.59. The standard InChI is InChI=1S/C30H21N3/c1-2-21-17-19-24(20-18-21)33-29(27-15-7-11-22-9-3-5-13-25(22)27)31-32-30(33)28-16-8-12-23-10-4-6-14-26(23)28/h2-20H,1H2. The van der Waals surface area contributed by atoms with Crippen molar-refractivity contribution in [3.63, 3.8) is 0 Å². The molecule has 5 aromatic carbocycles. The fourth-order valence-electron chi connectivity index (χ4n) is 4.48. The topological polar surface area (TPSA) is 30.7 Å². The molecule has 6 rings (SSSR count). The average Bonchev–Trinajstić information content (AvgIpc) is 3.32. The van der Waals surface area contributed by atoms with E-state index in [1.807, 2.05) is 6.08 Å². The molecule has 3 heteroatoms. The molecule has 3 nitrogen and oxygen atoms in total. The summed E-state index contributed by atoms with van der Waals surface area (Å²) in [7, 11) is 0. The minimum Gasteiger partial charge on any atom is -0.275 e. The van der Waals surface area contributed by atoms with Gasteiger partial charge < -0.3 is 0 Å². The van der Waals surface area contributed by atoms with E-state index in [9.17, 15) is 0 Å². The zero-order valence-corrected chi connectivity index (χ0v) is 18.0. The molecular weight excluding hydrogens is 402 g/mol. The van der Waals surface area contributed by atoms with Crippen LogP contribution in [-0.4, -0.2) is 14.8 Å². The summed E-state index contributed by atoms with van der Waals surface area (Å²) in [6.45, 7) is 3.89. The lowest BCUT2D eigenvalue weighted by molar-refractivity contribution is 1.08. The summed E-state index contributed by atoms with van der Waals surface area (Å²) in [6, 6.07) is 37.8. The molecule has 0 atom stereocenters. The second kappa shape index (κ2) is 7.88. The Bertz CT molecular complexity index is 1520. The number of nitrogens with zero attached hydrogens (tertiary/aromatic N) is 3. The Morgan fingerprint density at radius 3 is 1.55 bits per heavy atom. The number of hydrogen-bond donors (Lipinski definition) is 0. The fraction of sp³-hybridized carbons (Fsp3) is 0. The van der Waals surface area contributed by atoms with Crippen molar-refractivity contribution < 1.29 is 0 Å². The number of benzene rings is 5. The molecule has 0 radical (unpaired) electrons. The number of fused-ring (bicyclic) bond motifs is 2. The van der Waals surface area contributed by atoms with Crippen LogP contribution in [0.2, 0.25) is 0 Å². The van der Waals surface area contributed by atoms with Gasteiger partial charge in [-0.2, -0.15) is 0 Å². The first-order valence-corrected chi connectivity index (χ1v) is 11.0. The van der Waals surface area contributed by atoms with Crippen molar-refractivity contribution >= 4 is 27.6 Å². The Hall–Kier alpha value is -4.50. The van der Waals surface area contributed by atoms with E-state index in [1.54, 1.807) is 0 Å². The summed E-state index contributed by atoms with van der Waals surface area (Å²) in [5, 5.41) is 14.1. The van der Waals surface area contributed by atoms with Crippen LogP contribution < -0.4 is 0 Å². The van der Waals surface area contributed by atoms with Crippen LogP contribution in [0.1, 0.15) is 5.56 Å². The second-order valence-corrected chi connectivity index (χ2v) is 8.03. The van der Waals surface area contributed by atoms with Crippen molar-refractivity contribution in [1.82, 2.24) is 14.8 Å². The van der Waals surface area contributed by atoms with Gasteiger partial charge in [-0.15, -0.1) is 10.2 Å². The maximum absolute atomic E-state index is 4.73. The summed E-state index contributed by atoms with van der Waals surface area (Å²) in [4.78, 5) is 0. The molecule has 0 saturated heterocycles. The van der Waals surface area contributed by atoms with Gasteiger partial charge in [0.15, 0.2) is 11.6 Å². The third kappa shape index (κ3) is 3.22. The first-order valence-electron chi connectivity index (χ1n) is 11.0. The van der Waals surface area contributed by atoms with Crippen molar-refractivity contribution in [2.24, 2.45) is 0 Å². The van der Waals surface area contributed by atoms with E-state index in [4.69, 9.17) is 10.2 Å². The number of rotatable bonds is 4. The van der Waals surface area contributed by atoms with Gasteiger partial charge in [-0.3, -0.25) is 4.57 Å². The van der Waals surface area contributed by atoms with E-state index in [1.165, 1.54) is 10.8 Å². The van der Waals surface area contributed by atoms with Gasteiger partial charge in [0.25, 0.3) is 0 Å². The van der Waals surface area contributed by atoms with Gasteiger partial charge in [0, 0.05) is 16.8 Å². The lowest BCUT2D eigenvalue weighted by Gasteiger charge is -2.14. The van der Waals surface area contributed by atoms with Crippen LogP contribution in [-0.2, 0) is 0 Å². The summed E-state index contributed by atoms with van der Waals surface area (Å²) >= 11 is 0. The molecule has 0 saturated carbocycles. The zero-order chi connectivity index (χ0) is 22.2. The highest BCUT2D eigenvalue weighted by Gasteiger charge is 2.20. The molecule has 1 aromatic heterocycles. The van der Waals surface area contributed by atoms with Crippen molar-refractivity contribution in [2.75, 3.05) is 0 Å². The first kappa shape index (κ1) is 19.2. The molecule has 1 heterocycles. The highest BCUT2D eigenvalue weighted by Crippen LogP contribution is 2.35. The Labute approximate surface area is 192 Å². The lowest BCUT2D eigenvalue weighted by atomic mass is 10.0. The van der Waals surface area contributed by atoms with Crippen LogP contribution in [0.25, 0.3) is 56.1 Å². The van der Waals surface area contributed by atoms with Crippen LogP contribution in [0.3, 0.4) is 0 Å². The van der Waals surface area contributed by atoms with Crippen molar-refractivity contribution in [2.45, 2.75) is 0 Å². The van der Waals surface area contributed by atoms with E-state index in [2.05, 4.69) is 120 Å². The molecule has 33 heavy (non-hydrogen) atoms. The van der Waals surface area contributed by atoms with Crippen molar-refractivity contribution in [1.29, 1.82) is 0 Å². The molecule has 0 aliphatic carbocycles. The molecule has 0 fully saturated rings. The zero-order valence-electron chi connectivity index (χ0n) is 18.0. The maximum atomic E-state index is 4.73. The predicted molar refractivity (Wildman–Crippen MR) is 137 cm³/mol. The van der Waals surface area contributed by atoms with E-state index < -0.39 is 0 Å². The molecule has 0 bridgehead atoms. The summed E-state index contributed by atoms with van der Waals surface area (Å²) in [5.41, 5.74) is 4.20. The third-order valence-corrected chi connectivity index (χ3v) is 6.11. The lowest BCUT2D eigenvalue weighted by Crippen LogP contribution is -2.01. The van der Waals surface area contributed by atoms with Crippen molar-refractivity contribution in [3.8, 4) is 28.5 Å². The van der Waals surface area contributed by atoms with E-state index in [0.717, 1.165) is 44.8 Å². The third-order valence-electron chi connectivity index (χ3n) is 6.11.